The van der Waals surface area contributed by atoms with Gasteiger partial charge in [-0.15, -0.1) is 11.3 Å². The van der Waals surface area contributed by atoms with E-state index in [4.69, 9.17) is 23.2 Å². The molecule has 0 spiro atoms. The van der Waals surface area contributed by atoms with Crippen LogP contribution in [0.4, 0.5) is 15.2 Å². The Hall–Kier alpha value is -1.62. The summed E-state index contributed by atoms with van der Waals surface area (Å²) in [5, 5.41) is 4.62. The van der Waals surface area contributed by atoms with Crippen LogP contribution in [0.5, 0.6) is 0 Å². The molecule has 0 amide bonds. The van der Waals surface area contributed by atoms with E-state index in [9.17, 15) is 4.39 Å². The minimum atomic E-state index is -0.313. The number of nitrogens with zero attached hydrogens (tertiary/aromatic N) is 1. The van der Waals surface area contributed by atoms with Crippen molar-refractivity contribution in [3.63, 3.8) is 0 Å². The Labute approximate surface area is 141 Å². The van der Waals surface area contributed by atoms with Gasteiger partial charge in [-0.2, -0.15) is 0 Å². The Morgan fingerprint density at radius 2 is 1.86 bits per heavy atom. The zero-order valence-corrected chi connectivity index (χ0v) is 13.9. The fourth-order valence-corrected chi connectivity index (χ4v) is 3.19. The molecule has 0 saturated heterocycles. The van der Waals surface area contributed by atoms with Crippen molar-refractivity contribution in [2.75, 3.05) is 5.32 Å². The number of aromatic nitrogens is 1. The molecule has 6 heteroatoms. The van der Waals surface area contributed by atoms with E-state index >= 15 is 0 Å². The maximum Gasteiger partial charge on any atom is 0.188 e. The summed E-state index contributed by atoms with van der Waals surface area (Å²) in [6.07, 6.45) is 0. The molecule has 3 aromatic rings. The Morgan fingerprint density at radius 3 is 2.59 bits per heavy atom. The summed E-state index contributed by atoms with van der Waals surface area (Å²) in [6.45, 7) is 1.96. The van der Waals surface area contributed by atoms with Crippen LogP contribution < -0.4 is 5.32 Å². The van der Waals surface area contributed by atoms with Gasteiger partial charge >= 0.3 is 0 Å². The lowest BCUT2D eigenvalue weighted by atomic mass is 10.1. The largest absolute Gasteiger partial charge is 0.329 e. The lowest BCUT2D eigenvalue weighted by Crippen LogP contribution is -1.92. The minimum Gasteiger partial charge on any atom is -0.329 e. The molecule has 0 aliphatic heterocycles. The van der Waals surface area contributed by atoms with Gasteiger partial charge in [0.25, 0.3) is 0 Å². The van der Waals surface area contributed by atoms with E-state index in [0.717, 1.165) is 16.1 Å². The molecule has 0 radical (unpaired) electrons. The number of aryl methyl sites for hydroxylation is 1. The van der Waals surface area contributed by atoms with Gasteiger partial charge in [-0.05, 0) is 31.2 Å². The monoisotopic (exact) mass is 352 g/mol. The number of hydrogen-bond donors (Lipinski definition) is 1. The fourth-order valence-electron chi connectivity index (χ4n) is 2.04. The van der Waals surface area contributed by atoms with Gasteiger partial charge in [0.05, 0.1) is 21.4 Å². The summed E-state index contributed by atoms with van der Waals surface area (Å²) >= 11 is 13.4. The molecule has 22 heavy (non-hydrogen) atoms. The van der Waals surface area contributed by atoms with Crippen molar-refractivity contribution >= 4 is 45.4 Å². The molecule has 2 aromatic carbocycles. The van der Waals surface area contributed by atoms with Gasteiger partial charge in [-0.3, -0.25) is 0 Å². The van der Waals surface area contributed by atoms with Crippen molar-refractivity contribution in [2.24, 2.45) is 0 Å². The zero-order chi connectivity index (χ0) is 15.7. The van der Waals surface area contributed by atoms with E-state index < -0.39 is 0 Å². The third kappa shape index (κ3) is 3.09. The Balaban J connectivity index is 1.94. The number of nitrogens with one attached hydrogen (secondary N) is 1. The van der Waals surface area contributed by atoms with Crippen LogP contribution in [-0.4, -0.2) is 4.98 Å². The predicted octanol–water partition coefficient (Wildman–Crippen LogP) is 6.31. The summed E-state index contributed by atoms with van der Waals surface area (Å²) in [5.74, 6) is -0.313. The lowest BCUT2D eigenvalue weighted by molar-refractivity contribution is 0.632. The van der Waals surface area contributed by atoms with Crippen LogP contribution in [0.15, 0.2) is 42.5 Å². The number of anilines is 2. The molecule has 2 nitrogen and oxygen atoms in total. The molecule has 112 valence electrons. The molecule has 1 heterocycles. The van der Waals surface area contributed by atoms with Crippen LogP contribution in [0.3, 0.4) is 0 Å². The van der Waals surface area contributed by atoms with Crippen LogP contribution in [-0.2, 0) is 0 Å². The molecule has 0 atom stereocenters. The Morgan fingerprint density at radius 1 is 1.09 bits per heavy atom. The summed E-state index contributed by atoms with van der Waals surface area (Å²) in [5.41, 5.74) is 2.09. The molecule has 0 bridgehead atoms. The van der Waals surface area contributed by atoms with E-state index in [1.807, 2.05) is 13.0 Å². The van der Waals surface area contributed by atoms with E-state index in [1.165, 1.54) is 17.4 Å². The Kier molecular flexibility index (Phi) is 4.34. The molecule has 0 saturated carbocycles. The fraction of sp³-hybridized carbons (Fsp3) is 0.0625. The van der Waals surface area contributed by atoms with Gasteiger partial charge < -0.3 is 5.32 Å². The predicted molar refractivity (Wildman–Crippen MR) is 92.0 cm³/mol. The number of hydrogen-bond acceptors (Lipinski definition) is 3. The highest BCUT2D eigenvalue weighted by atomic mass is 35.5. The van der Waals surface area contributed by atoms with E-state index in [2.05, 4.69) is 10.3 Å². The van der Waals surface area contributed by atoms with Gasteiger partial charge in [-0.25, -0.2) is 9.37 Å². The number of halogens is 3. The quantitative estimate of drug-likeness (QED) is 0.597. The SMILES string of the molecule is Cc1sc(Nc2ccccc2F)nc1-c1ccc(Cl)c(Cl)c1. The van der Waals surface area contributed by atoms with E-state index in [1.54, 1.807) is 30.3 Å². The second-order valence-electron chi connectivity index (χ2n) is 4.66. The number of para-hydroxylation sites is 1. The molecular weight excluding hydrogens is 342 g/mol. The highest BCUT2D eigenvalue weighted by Crippen LogP contribution is 2.35. The van der Waals surface area contributed by atoms with Gasteiger partial charge in [0.1, 0.15) is 5.82 Å². The Bertz CT molecular complexity index is 833. The molecule has 1 aromatic heterocycles. The van der Waals surface area contributed by atoms with Crippen molar-refractivity contribution in [2.45, 2.75) is 6.92 Å². The summed E-state index contributed by atoms with van der Waals surface area (Å²) in [6, 6.07) is 11.9. The third-order valence-electron chi connectivity index (χ3n) is 3.11. The molecule has 0 aliphatic rings. The number of benzene rings is 2. The highest BCUT2D eigenvalue weighted by Gasteiger charge is 2.12. The van der Waals surface area contributed by atoms with Gasteiger partial charge in [0.2, 0.25) is 0 Å². The van der Waals surface area contributed by atoms with Crippen molar-refractivity contribution in [3.8, 4) is 11.3 Å². The molecule has 1 N–H and O–H groups in total. The first-order chi connectivity index (χ1) is 10.5. The summed E-state index contributed by atoms with van der Waals surface area (Å²) < 4.78 is 13.7. The van der Waals surface area contributed by atoms with Gasteiger partial charge in [0, 0.05) is 10.4 Å². The smallest absolute Gasteiger partial charge is 0.188 e. The molecular formula is C16H11Cl2FN2S. The van der Waals surface area contributed by atoms with Crippen molar-refractivity contribution < 1.29 is 4.39 Å². The molecule has 0 aliphatic carbocycles. The molecule has 0 unspecified atom stereocenters. The third-order valence-corrected chi connectivity index (χ3v) is 4.73. The summed E-state index contributed by atoms with van der Waals surface area (Å²) in [7, 11) is 0. The van der Waals surface area contributed by atoms with E-state index in [0.29, 0.717) is 20.9 Å². The van der Waals surface area contributed by atoms with Crippen LogP contribution in [0.1, 0.15) is 4.88 Å². The van der Waals surface area contributed by atoms with E-state index in [-0.39, 0.29) is 5.82 Å². The normalized spacial score (nSPS) is 10.7. The first-order valence-electron chi connectivity index (χ1n) is 6.49. The van der Waals surface area contributed by atoms with Gasteiger partial charge in [0.15, 0.2) is 5.13 Å². The topological polar surface area (TPSA) is 24.9 Å². The second-order valence-corrected chi connectivity index (χ2v) is 6.68. The number of thiazole rings is 1. The standard InChI is InChI=1S/C16H11Cl2FN2S/c1-9-15(10-6-7-11(17)12(18)8-10)21-16(22-9)20-14-5-3-2-4-13(14)19/h2-8H,1H3,(H,20,21). The first kappa shape index (κ1) is 15.3. The summed E-state index contributed by atoms with van der Waals surface area (Å²) in [4.78, 5) is 5.54. The van der Waals surface area contributed by atoms with Crippen LogP contribution >= 0.6 is 34.5 Å². The zero-order valence-electron chi connectivity index (χ0n) is 11.5. The maximum absolute atomic E-state index is 13.7. The van der Waals surface area contributed by atoms with Crippen LogP contribution in [0, 0.1) is 12.7 Å². The van der Waals surface area contributed by atoms with Crippen molar-refractivity contribution in [1.82, 2.24) is 4.98 Å². The second kappa shape index (κ2) is 6.24. The van der Waals surface area contributed by atoms with Crippen LogP contribution in [0.25, 0.3) is 11.3 Å². The average molecular weight is 353 g/mol. The van der Waals surface area contributed by atoms with Crippen molar-refractivity contribution in [1.29, 1.82) is 0 Å². The maximum atomic E-state index is 13.7. The average Bonchev–Trinajstić information content (AvgIpc) is 2.85. The van der Waals surface area contributed by atoms with Gasteiger partial charge in [-0.1, -0.05) is 41.4 Å². The van der Waals surface area contributed by atoms with Crippen LogP contribution in [0.2, 0.25) is 10.0 Å². The molecule has 0 fully saturated rings. The lowest BCUT2D eigenvalue weighted by Gasteiger charge is -2.03. The van der Waals surface area contributed by atoms with Crippen molar-refractivity contribution in [3.05, 3.63) is 63.2 Å². The highest BCUT2D eigenvalue weighted by molar-refractivity contribution is 7.16. The first-order valence-corrected chi connectivity index (χ1v) is 8.06. The molecule has 3 rings (SSSR count). The minimum absolute atomic E-state index is 0.313. The number of rotatable bonds is 3.